The highest BCUT2D eigenvalue weighted by molar-refractivity contribution is 5.25. The third-order valence-corrected chi connectivity index (χ3v) is 4.93. The minimum absolute atomic E-state index is 0.522. The van der Waals surface area contributed by atoms with E-state index in [0.29, 0.717) is 17.9 Å². The Bertz CT molecular complexity index is 665. The van der Waals surface area contributed by atoms with Crippen LogP contribution >= 0.6 is 0 Å². The number of benzene rings is 1. The van der Waals surface area contributed by atoms with Crippen molar-refractivity contribution in [1.29, 1.82) is 0 Å². The van der Waals surface area contributed by atoms with E-state index in [-0.39, 0.29) is 0 Å². The van der Waals surface area contributed by atoms with Crippen LogP contribution in [0, 0.1) is 12.8 Å². The molecule has 23 heavy (non-hydrogen) atoms. The Labute approximate surface area is 137 Å². The fourth-order valence-electron chi connectivity index (χ4n) is 3.28. The molecule has 5 heteroatoms. The van der Waals surface area contributed by atoms with E-state index in [4.69, 9.17) is 4.42 Å². The third-order valence-electron chi connectivity index (χ3n) is 4.93. The highest BCUT2D eigenvalue weighted by Crippen LogP contribution is 2.39. The molecule has 1 aliphatic heterocycles. The Hall–Kier alpha value is -1.88. The fourth-order valence-corrected chi connectivity index (χ4v) is 3.28. The van der Waals surface area contributed by atoms with Crippen molar-refractivity contribution in [3.63, 3.8) is 0 Å². The molecule has 2 fully saturated rings. The first-order valence-electron chi connectivity index (χ1n) is 8.62. The van der Waals surface area contributed by atoms with Gasteiger partial charge in [0.05, 0.1) is 0 Å². The Balaban J connectivity index is 1.26. The Morgan fingerprint density at radius 2 is 2.09 bits per heavy atom. The van der Waals surface area contributed by atoms with Gasteiger partial charge in [-0.05, 0) is 49.8 Å². The van der Waals surface area contributed by atoms with Crippen LogP contribution in [0.25, 0.3) is 0 Å². The largest absolute Gasteiger partial charge is 0.408 e. The number of hydrogen-bond donors (Lipinski definition) is 1. The van der Waals surface area contributed by atoms with Gasteiger partial charge in [0.15, 0.2) is 0 Å². The van der Waals surface area contributed by atoms with E-state index in [0.717, 1.165) is 32.1 Å². The van der Waals surface area contributed by atoms with Crippen LogP contribution in [0.5, 0.6) is 0 Å². The van der Waals surface area contributed by atoms with Gasteiger partial charge in [0.1, 0.15) is 0 Å². The highest BCUT2D eigenvalue weighted by atomic mass is 16.4. The molecule has 2 aliphatic rings. The molecule has 0 bridgehead atoms. The number of likely N-dealkylation sites (tertiary alicyclic amines) is 1. The molecule has 1 saturated heterocycles. The Morgan fingerprint density at radius 1 is 1.22 bits per heavy atom. The zero-order valence-electron chi connectivity index (χ0n) is 13.7. The molecule has 2 heterocycles. The van der Waals surface area contributed by atoms with E-state index in [1.54, 1.807) is 0 Å². The SMILES string of the molecule is Cc1ccccc1CN1CC[C@@H](CNc2nnc(C3CC3)o2)C1. The summed E-state index contributed by atoms with van der Waals surface area (Å²) in [6.45, 7) is 6.45. The molecule has 1 atom stereocenters. The van der Waals surface area contributed by atoms with Gasteiger partial charge < -0.3 is 9.73 Å². The zero-order chi connectivity index (χ0) is 15.6. The maximum absolute atomic E-state index is 5.66. The summed E-state index contributed by atoms with van der Waals surface area (Å²) in [5, 5.41) is 11.5. The lowest BCUT2D eigenvalue weighted by Gasteiger charge is -2.17. The molecule has 1 aromatic carbocycles. The van der Waals surface area contributed by atoms with Crippen molar-refractivity contribution >= 4 is 6.01 Å². The molecule has 0 radical (unpaired) electrons. The van der Waals surface area contributed by atoms with Gasteiger partial charge in [-0.1, -0.05) is 29.4 Å². The molecule has 1 aromatic heterocycles. The Morgan fingerprint density at radius 3 is 2.91 bits per heavy atom. The smallest absolute Gasteiger partial charge is 0.315 e. The molecular weight excluding hydrogens is 288 g/mol. The van der Waals surface area contributed by atoms with Gasteiger partial charge in [-0.25, -0.2) is 0 Å². The number of nitrogens with one attached hydrogen (secondary N) is 1. The summed E-state index contributed by atoms with van der Waals surface area (Å²) in [7, 11) is 0. The Kier molecular flexibility index (Phi) is 4.04. The van der Waals surface area contributed by atoms with E-state index in [1.165, 1.54) is 30.4 Å². The molecule has 122 valence electrons. The molecule has 0 amide bonds. The van der Waals surface area contributed by atoms with Crippen molar-refractivity contribution in [2.45, 2.75) is 38.6 Å². The first-order valence-corrected chi connectivity index (χ1v) is 8.62. The van der Waals surface area contributed by atoms with Crippen LogP contribution in [0.3, 0.4) is 0 Å². The van der Waals surface area contributed by atoms with Crippen molar-refractivity contribution in [3.05, 3.63) is 41.3 Å². The second-order valence-electron chi connectivity index (χ2n) is 6.92. The van der Waals surface area contributed by atoms with E-state index in [1.807, 2.05) is 0 Å². The number of anilines is 1. The summed E-state index contributed by atoms with van der Waals surface area (Å²) >= 11 is 0. The molecular formula is C18H24N4O. The standard InChI is InChI=1S/C18H24N4O/c1-13-4-2-3-5-16(13)12-22-9-8-14(11-22)10-19-18-21-20-17(23-18)15-6-7-15/h2-5,14-15H,6-12H2,1H3,(H,19,21)/t14-/m0/s1. The average molecular weight is 312 g/mol. The van der Waals surface area contributed by atoms with Gasteiger partial charge in [-0.15, -0.1) is 5.10 Å². The molecule has 2 aromatic rings. The first-order chi connectivity index (χ1) is 11.3. The quantitative estimate of drug-likeness (QED) is 0.888. The molecule has 1 aliphatic carbocycles. The van der Waals surface area contributed by atoms with Crippen molar-refractivity contribution in [3.8, 4) is 0 Å². The normalized spacial score (nSPS) is 21.7. The lowest BCUT2D eigenvalue weighted by atomic mass is 10.1. The van der Waals surface area contributed by atoms with Crippen LogP contribution in [0.1, 0.15) is 42.2 Å². The van der Waals surface area contributed by atoms with Gasteiger partial charge in [0.2, 0.25) is 5.89 Å². The average Bonchev–Trinajstić information content (AvgIpc) is 3.13. The summed E-state index contributed by atoms with van der Waals surface area (Å²) in [5.41, 5.74) is 2.82. The number of nitrogens with zero attached hydrogens (tertiary/aromatic N) is 3. The number of aromatic nitrogens is 2. The topological polar surface area (TPSA) is 54.2 Å². The highest BCUT2D eigenvalue weighted by Gasteiger charge is 2.29. The minimum Gasteiger partial charge on any atom is -0.408 e. The second kappa shape index (κ2) is 6.32. The van der Waals surface area contributed by atoms with E-state index >= 15 is 0 Å². The molecule has 5 nitrogen and oxygen atoms in total. The monoisotopic (exact) mass is 312 g/mol. The summed E-state index contributed by atoms with van der Waals surface area (Å²) in [5.74, 6) is 1.98. The van der Waals surface area contributed by atoms with E-state index < -0.39 is 0 Å². The van der Waals surface area contributed by atoms with Crippen LogP contribution in [0.2, 0.25) is 0 Å². The van der Waals surface area contributed by atoms with Crippen LogP contribution in [-0.2, 0) is 6.54 Å². The van der Waals surface area contributed by atoms with Crippen LogP contribution in [0.4, 0.5) is 6.01 Å². The first kappa shape index (κ1) is 14.7. The molecule has 1 saturated carbocycles. The summed E-state index contributed by atoms with van der Waals surface area (Å²) in [6, 6.07) is 9.25. The van der Waals surface area contributed by atoms with E-state index in [2.05, 4.69) is 51.6 Å². The third kappa shape index (κ3) is 3.55. The molecule has 1 N–H and O–H groups in total. The van der Waals surface area contributed by atoms with Crippen LogP contribution < -0.4 is 5.32 Å². The van der Waals surface area contributed by atoms with E-state index in [9.17, 15) is 0 Å². The predicted molar refractivity (Wildman–Crippen MR) is 89.3 cm³/mol. The number of hydrogen-bond acceptors (Lipinski definition) is 5. The summed E-state index contributed by atoms with van der Waals surface area (Å²) in [4.78, 5) is 2.54. The van der Waals surface area contributed by atoms with Crippen molar-refractivity contribution in [2.24, 2.45) is 5.92 Å². The lowest BCUT2D eigenvalue weighted by Crippen LogP contribution is -2.23. The molecule has 0 spiro atoms. The van der Waals surface area contributed by atoms with Crippen molar-refractivity contribution < 1.29 is 4.42 Å². The summed E-state index contributed by atoms with van der Waals surface area (Å²) < 4.78 is 5.66. The van der Waals surface area contributed by atoms with Gasteiger partial charge >= 0.3 is 6.01 Å². The van der Waals surface area contributed by atoms with Crippen LogP contribution in [-0.4, -0.2) is 34.7 Å². The maximum Gasteiger partial charge on any atom is 0.315 e. The molecule has 0 unspecified atom stereocenters. The second-order valence-corrected chi connectivity index (χ2v) is 6.92. The van der Waals surface area contributed by atoms with Gasteiger partial charge in [0.25, 0.3) is 0 Å². The van der Waals surface area contributed by atoms with Crippen molar-refractivity contribution in [2.75, 3.05) is 25.0 Å². The van der Waals surface area contributed by atoms with Gasteiger partial charge in [-0.2, -0.15) is 0 Å². The van der Waals surface area contributed by atoms with Gasteiger partial charge in [0, 0.05) is 25.6 Å². The molecule has 4 rings (SSSR count). The van der Waals surface area contributed by atoms with Gasteiger partial charge in [-0.3, -0.25) is 4.90 Å². The lowest BCUT2D eigenvalue weighted by molar-refractivity contribution is 0.318. The summed E-state index contributed by atoms with van der Waals surface area (Å²) in [6.07, 6.45) is 3.61. The predicted octanol–water partition coefficient (Wildman–Crippen LogP) is 3.19. The maximum atomic E-state index is 5.66. The fraction of sp³-hybridized carbons (Fsp3) is 0.556. The minimum atomic E-state index is 0.522. The number of rotatable bonds is 6. The number of aryl methyl sites for hydroxylation is 1. The van der Waals surface area contributed by atoms with Crippen LogP contribution in [0.15, 0.2) is 28.7 Å². The zero-order valence-corrected chi connectivity index (χ0v) is 13.7. The van der Waals surface area contributed by atoms with Crippen molar-refractivity contribution in [1.82, 2.24) is 15.1 Å².